The van der Waals surface area contributed by atoms with Crippen LogP contribution in [-0.4, -0.2) is 15.4 Å². The summed E-state index contributed by atoms with van der Waals surface area (Å²) in [5, 5.41) is 18.8. The lowest BCUT2D eigenvalue weighted by molar-refractivity contribution is 0.959. The van der Waals surface area contributed by atoms with Crippen molar-refractivity contribution in [3.63, 3.8) is 0 Å². The minimum absolute atomic E-state index is 0.759. The highest BCUT2D eigenvalue weighted by Crippen LogP contribution is 2.20. The number of rotatable bonds is 2. The molecule has 0 saturated heterocycles. The summed E-state index contributed by atoms with van der Waals surface area (Å²) in [4.78, 5) is 0. The lowest BCUT2D eigenvalue weighted by Gasteiger charge is -1.92. The van der Waals surface area contributed by atoms with Crippen LogP contribution in [0.2, 0.25) is 0 Å². The molecule has 3 rings (SSSR count). The van der Waals surface area contributed by atoms with Crippen LogP contribution in [0.3, 0.4) is 0 Å². The van der Waals surface area contributed by atoms with Gasteiger partial charge in [-0.3, -0.25) is 0 Å². The van der Waals surface area contributed by atoms with Crippen LogP contribution in [0.15, 0.2) is 58.8 Å². The number of aromatic nitrogens is 3. The molecule has 0 fully saturated rings. The van der Waals surface area contributed by atoms with Gasteiger partial charge in [0.15, 0.2) is 0 Å². The first-order valence-electron chi connectivity index (χ1n) is 6.19. The molecule has 0 aliphatic heterocycles. The lowest BCUT2D eigenvalue weighted by atomic mass is 10.3. The second-order valence-electron chi connectivity index (χ2n) is 3.53. The highest BCUT2D eigenvalue weighted by atomic mass is 15.3. The van der Waals surface area contributed by atoms with Gasteiger partial charge in [-0.05, 0) is 30.3 Å². The smallest absolute Gasteiger partial charge is 0.115 e. The molecule has 0 saturated carbocycles. The zero-order chi connectivity index (χ0) is 13.5. The Kier molecular flexibility index (Phi) is 4.34. The number of H-pyrrole nitrogens is 1. The van der Waals surface area contributed by atoms with Crippen LogP contribution in [0.1, 0.15) is 13.8 Å². The van der Waals surface area contributed by atoms with E-state index in [1.54, 1.807) is 0 Å². The zero-order valence-corrected chi connectivity index (χ0v) is 10.9. The summed E-state index contributed by atoms with van der Waals surface area (Å²) in [7, 11) is 0. The number of aromatic amines is 1. The van der Waals surface area contributed by atoms with Gasteiger partial charge in [0.1, 0.15) is 11.0 Å². The maximum absolute atomic E-state index is 4.15. The van der Waals surface area contributed by atoms with Crippen molar-refractivity contribution in [3.8, 4) is 0 Å². The number of hydrogen-bond donors (Lipinski definition) is 1. The van der Waals surface area contributed by atoms with Crippen LogP contribution < -0.4 is 0 Å². The molecule has 2 aromatic carbocycles. The van der Waals surface area contributed by atoms with Gasteiger partial charge >= 0.3 is 0 Å². The van der Waals surface area contributed by atoms with Gasteiger partial charge in [0.05, 0.1) is 11.4 Å². The monoisotopic (exact) mass is 253 g/mol. The third-order valence-electron chi connectivity index (χ3n) is 2.34. The Morgan fingerprint density at radius 2 is 1.47 bits per heavy atom. The molecule has 0 unspecified atom stereocenters. The predicted molar refractivity (Wildman–Crippen MR) is 75.9 cm³/mol. The number of fused-ring (bicyclic) bond motifs is 1. The van der Waals surface area contributed by atoms with Gasteiger partial charge in [-0.15, -0.1) is 0 Å². The number of nitrogens with one attached hydrogen (secondary N) is 1. The Bertz CT molecular complexity index is 658. The van der Waals surface area contributed by atoms with Crippen LogP contribution in [0.5, 0.6) is 0 Å². The predicted octanol–water partition coefficient (Wildman–Crippen LogP) is 4.40. The van der Waals surface area contributed by atoms with Crippen LogP contribution in [0.4, 0.5) is 11.4 Å². The molecule has 1 heterocycles. The van der Waals surface area contributed by atoms with Crippen molar-refractivity contribution in [2.24, 2.45) is 10.2 Å². The number of azo groups is 1. The van der Waals surface area contributed by atoms with Gasteiger partial charge in [-0.2, -0.15) is 25.6 Å². The number of nitrogens with zero attached hydrogens (tertiary/aromatic N) is 4. The summed E-state index contributed by atoms with van der Waals surface area (Å²) in [6, 6.07) is 15.2. The SMILES string of the molecule is CC.c1ccc(N=Nc2ccc3n[nH]nc3c2)cc1. The molecule has 0 amide bonds. The molecule has 5 nitrogen and oxygen atoms in total. The third kappa shape index (κ3) is 3.22. The van der Waals surface area contributed by atoms with Gasteiger partial charge in [-0.1, -0.05) is 32.0 Å². The summed E-state index contributed by atoms with van der Waals surface area (Å²) in [5.74, 6) is 0. The Balaban J connectivity index is 0.000000637. The summed E-state index contributed by atoms with van der Waals surface area (Å²) in [6.07, 6.45) is 0. The lowest BCUT2D eigenvalue weighted by Crippen LogP contribution is -1.68. The van der Waals surface area contributed by atoms with Crippen molar-refractivity contribution in [1.82, 2.24) is 15.4 Å². The van der Waals surface area contributed by atoms with Crippen molar-refractivity contribution in [2.45, 2.75) is 13.8 Å². The third-order valence-corrected chi connectivity index (χ3v) is 2.34. The van der Waals surface area contributed by atoms with E-state index >= 15 is 0 Å². The summed E-state index contributed by atoms with van der Waals surface area (Å²) < 4.78 is 0. The Morgan fingerprint density at radius 3 is 2.26 bits per heavy atom. The first kappa shape index (κ1) is 12.9. The first-order valence-corrected chi connectivity index (χ1v) is 6.19. The van der Waals surface area contributed by atoms with E-state index in [2.05, 4.69) is 25.6 Å². The fourth-order valence-electron chi connectivity index (χ4n) is 1.50. The topological polar surface area (TPSA) is 66.3 Å². The average molecular weight is 253 g/mol. The highest BCUT2D eigenvalue weighted by Gasteiger charge is 1.98. The molecule has 0 spiro atoms. The molecule has 96 valence electrons. The van der Waals surface area contributed by atoms with Crippen LogP contribution in [-0.2, 0) is 0 Å². The molecule has 0 radical (unpaired) electrons. The summed E-state index contributed by atoms with van der Waals surface area (Å²) in [6.45, 7) is 4.00. The van der Waals surface area contributed by atoms with Gasteiger partial charge in [0.2, 0.25) is 0 Å². The van der Waals surface area contributed by atoms with E-state index in [0.717, 1.165) is 22.4 Å². The fraction of sp³-hybridized carbons (Fsp3) is 0.143. The molecule has 0 aliphatic rings. The molecular weight excluding hydrogens is 238 g/mol. The van der Waals surface area contributed by atoms with Crippen LogP contribution in [0, 0.1) is 0 Å². The minimum Gasteiger partial charge on any atom is -0.197 e. The van der Waals surface area contributed by atoms with Crippen molar-refractivity contribution in [3.05, 3.63) is 48.5 Å². The minimum atomic E-state index is 0.759. The fourth-order valence-corrected chi connectivity index (χ4v) is 1.50. The van der Waals surface area contributed by atoms with Crippen molar-refractivity contribution in [2.75, 3.05) is 0 Å². The van der Waals surface area contributed by atoms with E-state index in [1.807, 2.05) is 62.4 Å². The van der Waals surface area contributed by atoms with Crippen LogP contribution >= 0.6 is 0 Å². The summed E-state index contributed by atoms with van der Waals surface area (Å²) in [5.41, 5.74) is 3.20. The quantitative estimate of drug-likeness (QED) is 0.688. The van der Waals surface area contributed by atoms with Crippen molar-refractivity contribution < 1.29 is 0 Å². The first-order chi connectivity index (χ1) is 9.42. The molecule has 1 N–H and O–H groups in total. The molecule has 3 aromatic rings. The maximum Gasteiger partial charge on any atom is 0.115 e. The van der Waals surface area contributed by atoms with Gasteiger partial charge in [0.25, 0.3) is 0 Å². The van der Waals surface area contributed by atoms with Crippen molar-refractivity contribution >= 4 is 22.4 Å². The second-order valence-corrected chi connectivity index (χ2v) is 3.53. The number of benzene rings is 2. The number of hydrogen-bond acceptors (Lipinski definition) is 4. The Morgan fingerprint density at radius 1 is 0.789 bits per heavy atom. The standard InChI is InChI=1S/C12H9N5.C2H6/c1-2-4-9(5-3-1)13-14-10-6-7-11-12(8-10)16-17-15-11;1-2/h1-8H,(H,15,16,17);1-2H3. The van der Waals surface area contributed by atoms with Gasteiger partial charge in [0, 0.05) is 0 Å². The van der Waals surface area contributed by atoms with Crippen LogP contribution in [0.25, 0.3) is 11.0 Å². The molecule has 0 aliphatic carbocycles. The zero-order valence-electron chi connectivity index (χ0n) is 10.9. The normalized spacial score (nSPS) is 10.4. The summed E-state index contributed by atoms with van der Waals surface area (Å²) >= 11 is 0. The van der Waals surface area contributed by atoms with E-state index in [4.69, 9.17) is 0 Å². The molecular formula is C14H15N5. The van der Waals surface area contributed by atoms with E-state index in [1.165, 1.54) is 0 Å². The van der Waals surface area contributed by atoms with E-state index in [-0.39, 0.29) is 0 Å². The average Bonchev–Trinajstić information content (AvgIpc) is 2.96. The maximum atomic E-state index is 4.15. The van der Waals surface area contributed by atoms with Gasteiger partial charge in [-0.25, -0.2) is 0 Å². The molecule has 5 heteroatoms. The second kappa shape index (κ2) is 6.39. The van der Waals surface area contributed by atoms with E-state index < -0.39 is 0 Å². The Hall–Kier alpha value is -2.56. The molecule has 0 atom stereocenters. The highest BCUT2D eigenvalue weighted by molar-refractivity contribution is 5.76. The van der Waals surface area contributed by atoms with Gasteiger partial charge < -0.3 is 0 Å². The largest absolute Gasteiger partial charge is 0.197 e. The van der Waals surface area contributed by atoms with E-state index in [9.17, 15) is 0 Å². The Labute approximate surface area is 111 Å². The molecule has 1 aromatic heterocycles. The molecule has 19 heavy (non-hydrogen) atoms. The molecule has 0 bridgehead atoms. The van der Waals surface area contributed by atoms with E-state index in [0.29, 0.717) is 0 Å². The van der Waals surface area contributed by atoms with Crippen molar-refractivity contribution in [1.29, 1.82) is 0 Å².